The van der Waals surface area contributed by atoms with Crippen molar-refractivity contribution in [2.75, 3.05) is 29.4 Å². The topological polar surface area (TPSA) is 101 Å². The molecule has 2 N–H and O–H groups in total. The van der Waals surface area contributed by atoms with Crippen LogP contribution in [0.1, 0.15) is 37.1 Å². The first-order chi connectivity index (χ1) is 16.0. The first-order valence-electron chi connectivity index (χ1n) is 11.3. The van der Waals surface area contributed by atoms with E-state index in [0.717, 1.165) is 36.3 Å². The minimum atomic E-state index is -0.351. The van der Waals surface area contributed by atoms with Crippen molar-refractivity contribution in [3.05, 3.63) is 59.8 Å². The van der Waals surface area contributed by atoms with Crippen molar-refractivity contribution < 1.29 is 9.18 Å². The van der Waals surface area contributed by atoms with Crippen molar-refractivity contribution in [2.24, 2.45) is 11.7 Å². The first kappa shape index (κ1) is 21.2. The van der Waals surface area contributed by atoms with Gasteiger partial charge in [0, 0.05) is 56.1 Å². The Hall–Kier alpha value is -3.62. The van der Waals surface area contributed by atoms with Gasteiger partial charge in [-0.2, -0.15) is 0 Å². The van der Waals surface area contributed by atoms with Gasteiger partial charge in [0.1, 0.15) is 23.1 Å². The van der Waals surface area contributed by atoms with Crippen LogP contribution in [0, 0.1) is 11.7 Å². The molecule has 33 heavy (non-hydrogen) atoms. The predicted molar refractivity (Wildman–Crippen MR) is 123 cm³/mol. The molecule has 170 valence electrons. The van der Waals surface area contributed by atoms with E-state index in [2.05, 4.69) is 21.8 Å². The highest BCUT2D eigenvalue weighted by Crippen LogP contribution is 2.34. The zero-order valence-electron chi connectivity index (χ0n) is 18.5. The summed E-state index contributed by atoms with van der Waals surface area (Å²) in [5.41, 5.74) is 8.23. The summed E-state index contributed by atoms with van der Waals surface area (Å²) in [7, 11) is 0. The summed E-state index contributed by atoms with van der Waals surface area (Å²) in [5, 5.41) is 0. The summed E-state index contributed by atoms with van der Waals surface area (Å²) >= 11 is 0. The SMILES string of the molecule is CC1c2cnc(-c3ccccn3)nc2CCN1c1cc(F)cc(N2CCCC(C(N)=O)C2)n1. The second-order valence-corrected chi connectivity index (χ2v) is 8.62. The van der Waals surface area contributed by atoms with Crippen LogP contribution in [0.4, 0.5) is 16.0 Å². The van der Waals surface area contributed by atoms with Crippen molar-refractivity contribution in [3.8, 4) is 11.5 Å². The number of nitrogens with zero attached hydrogens (tertiary/aromatic N) is 6. The monoisotopic (exact) mass is 447 g/mol. The Bertz CT molecular complexity index is 1170. The summed E-state index contributed by atoms with van der Waals surface area (Å²) in [6.45, 7) is 3.90. The van der Waals surface area contributed by atoms with Crippen LogP contribution in [0.2, 0.25) is 0 Å². The number of halogens is 1. The lowest BCUT2D eigenvalue weighted by Crippen LogP contribution is -2.42. The van der Waals surface area contributed by atoms with Crippen LogP contribution in [-0.2, 0) is 11.2 Å². The van der Waals surface area contributed by atoms with Crippen molar-refractivity contribution in [2.45, 2.75) is 32.2 Å². The van der Waals surface area contributed by atoms with Gasteiger partial charge in [0.2, 0.25) is 5.91 Å². The van der Waals surface area contributed by atoms with E-state index in [1.807, 2.05) is 29.3 Å². The molecular weight excluding hydrogens is 421 g/mol. The average molecular weight is 448 g/mol. The van der Waals surface area contributed by atoms with Gasteiger partial charge in [0.05, 0.1) is 17.7 Å². The second-order valence-electron chi connectivity index (χ2n) is 8.62. The van der Waals surface area contributed by atoms with E-state index in [9.17, 15) is 9.18 Å². The molecule has 9 heteroatoms. The number of fused-ring (bicyclic) bond motifs is 1. The van der Waals surface area contributed by atoms with E-state index in [-0.39, 0.29) is 23.7 Å². The molecule has 2 aliphatic rings. The Morgan fingerprint density at radius 1 is 1.15 bits per heavy atom. The number of anilines is 2. The maximum absolute atomic E-state index is 14.6. The highest BCUT2D eigenvalue weighted by molar-refractivity contribution is 5.77. The van der Waals surface area contributed by atoms with Crippen molar-refractivity contribution in [1.29, 1.82) is 0 Å². The Balaban J connectivity index is 1.41. The number of hydrogen-bond donors (Lipinski definition) is 1. The van der Waals surface area contributed by atoms with Gasteiger partial charge >= 0.3 is 0 Å². The average Bonchev–Trinajstić information content (AvgIpc) is 2.84. The Kier molecular flexibility index (Phi) is 5.62. The van der Waals surface area contributed by atoms with Crippen LogP contribution < -0.4 is 15.5 Å². The molecule has 0 aliphatic carbocycles. The van der Waals surface area contributed by atoms with Gasteiger partial charge in [-0.15, -0.1) is 0 Å². The smallest absolute Gasteiger partial charge is 0.222 e. The van der Waals surface area contributed by atoms with Gasteiger partial charge in [-0.3, -0.25) is 9.78 Å². The van der Waals surface area contributed by atoms with Gasteiger partial charge in [0.25, 0.3) is 0 Å². The predicted octanol–water partition coefficient (Wildman–Crippen LogP) is 2.90. The maximum Gasteiger partial charge on any atom is 0.222 e. The zero-order chi connectivity index (χ0) is 22.9. The largest absolute Gasteiger partial charge is 0.369 e. The summed E-state index contributed by atoms with van der Waals surface area (Å²) in [4.78, 5) is 34.1. The lowest BCUT2D eigenvalue weighted by Gasteiger charge is -2.37. The number of primary amides is 1. The minimum absolute atomic E-state index is 0.0617. The normalized spacial score (nSPS) is 20.4. The molecule has 2 atom stereocenters. The van der Waals surface area contributed by atoms with Crippen LogP contribution in [0.5, 0.6) is 0 Å². The van der Waals surface area contributed by atoms with Crippen LogP contribution in [-0.4, -0.2) is 45.5 Å². The number of piperidine rings is 1. The van der Waals surface area contributed by atoms with Crippen LogP contribution in [0.25, 0.3) is 11.5 Å². The number of pyridine rings is 2. The number of carbonyl (C=O) groups is 1. The van der Waals surface area contributed by atoms with E-state index in [4.69, 9.17) is 15.7 Å². The number of carbonyl (C=O) groups excluding carboxylic acids is 1. The third-order valence-electron chi connectivity index (χ3n) is 6.51. The molecule has 1 amide bonds. The van der Waals surface area contributed by atoms with E-state index in [1.54, 1.807) is 6.20 Å². The highest BCUT2D eigenvalue weighted by atomic mass is 19.1. The molecule has 5 heterocycles. The molecule has 2 unspecified atom stereocenters. The van der Waals surface area contributed by atoms with Gasteiger partial charge < -0.3 is 15.5 Å². The fraction of sp³-hybridized carbons (Fsp3) is 0.375. The maximum atomic E-state index is 14.6. The molecule has 0 radical (unpaired) electrons. The number of aromatic nitrogens is 4. The number of rotatable bonds is 4. The molecule has 8 nitrogen and oxygen atoms in total. The van der Waals surface area contributed by atoms with E-state index >= 15 is 0 Å². The van der Waals surface area contributed by atoms with Crippen molar-refractivity contribution >= 4 is 17.5 Å². The Morgan fingerprint density at radius 2 is 2.00 bits per heavy atom. The van der Waals surface area contributed by atoms with Crippen molar-refractivity contribution in [3.63, 3.8) is 0 Å². The van der Waals surface area contributed by atoms with E-state index < -0.39 is 0 Å². The molecule has 0 saturated carbocycles. The van der Waals surface area contributed by atoms with Crippen LogP contribution in [0.3, 0.4) is 0 Å². The molecule has 3 aromatic heterocycles. The molecule has 0 spiro atoms. The van der Waals surface area contributed by atoms with Gasteiger partial charge in [-0.25, -0.2) is 19.3 Å². The minimum Gasteiger partial charge on any atom is -0.369 e. The third kappa shape index (κ3) is 4.22. The lowest BCUT2D eigenvalue weighted by molar-refractivity contribution is -0.122. The molecule has 3 aromatic rings. The van der Waals surface area contributed by atoms with Crippen LogP contribution >= 0.6 is 0 Å². The molecule has 2 aliphatic heterocycles. The molecule has 1 fully saturated rings. The van der Waals surface area contributed by atoms with Gasteiger partial charge in [0.15, 0.2) is 5.82 Å². The lowest BCUT2D eigenvalue weighted by atomic mass is 9.97. The highest BCUT2D eigenvalue weighted by Gasteiger charge is 2.29. The number of nitrogens with two attached hydrogens (primary N) is 1. The standard InChI is InChI=1S/C24H26FN7O/c1-15-18-13-28-24(20-6-2-3-8-27-20)29-19(18)7-10-32(15)22-12-17(25)11-21(30-22)31-9-4-5-16(14-31)23(26)33/h2-3,6,8,11-13,15-16H,4-5,7,9-10,14H2,1H3,(H2,26,33). The van der Waals surface area contributed by atoms with E-state index in [0.29, 0.717) is 37.0 Å². The third-order valence-corrected chi connectivity index (χ3v) is 6.51. The molecular formula is C24H26FN7O. The Labute approximate surface area is 191 Å². The summed E-state index contributed by atoms with van der Waals surface area (Å²) in [5.74, 6) is 0.807. The zero-order valence-corrected chi connectivity index (χ0v) is 18.5. The molecule has 5 rings (SSSR count). The fourth-order valence-electron chi connectivity index (χ4n) is 4.69. The van der Waals surface area contributed by atoms with Gasteiger partial charge in [-0.1, -0.05) is 6.07 Å². The summed E-state index contributed by atoms with van der Waals surface area (Å²) < 4.78 is 14.6. The molecule has 0 bridgehead atoms. The molecule has 0 aromatic carbocycles. The summed E-state index contributed by atoms with van der Waals surface area (Å²) in [6, 6.07) is 8.49. The van der Waals surface area contributed by atoms with Crippen LogP contribution in [0.15, 0.2) is 42.7 Å². The second kappa shape index (κ2) is 8.73. The number of hydrogen-bond acceptors (Lipinski definition) is 7. The van der Waals surface area contributed by atoms with Crippen molar-refractivity contribution in [1.82, 2.24) is 19.9 Å². The first-order valence-corrected chi connectivity index (χ1v) is 11.3. The fourth-order valence-corrected chi connectivity index (χ4v) is 4.69. The van der Waals surface area contributed by atoms with Gasteiger partial charge in [-0.05, 0) is 31.9 Å². The quantitative estimate of drug-likeness (QED) is 0.656. The molecule has 1 saturated heterocycles. The van der Waals surface area contributed by atoms with E-state index in [1.165, 1.54) is 12.1 Å². The Morgan fingerprint density at radius 3 is 2.79 bits per heavy atom. The number of amides is 1. The summed E-state index contributed by atoms with van der Waals surface area (Å²) in [6.07, 6.45) is 5.84.